The van der Waals surface area contributed by atoms with Crippen LogP contribution in [0.5, 0.6) is 0 Å². The first-order valence-corrected chi connectivity index (χ1v) is 8.26. The summed E-state index contributed by atoms with van der Waals surface area (Å²) in [6.45, 7) is 1.22. The van der Waals surface area contributed by atoms with Crippen molar-refractivity contribution in [2.45, 2.75) is 62.8 Å². The van der Waals surface area contributed by atoms with Crippen molar-refractivity contribution in [2.75, 3.05) is 19.3 Å². The van der Waals surface area contributed by atoms with Crippen LogP contribution in [0.2, 0.25) is 0 Å². The van der Waals surface area contributed by atoms with Crippen LogP contribution in [0.15, 0.2) is 24.3 Å². The molecule has 2 saturated carbocycles. The molecular formula is C18H28N2. The van der Waals surface area contributed by atoms with Crippen LogP contribution in [0.4, 0.5) is 5.69 Å². The maximum atomic E-state index is 5.82. The topological polar surface area (TPSA) is 29.3 Å². The molecule has 1 aromatic rings. The molecule has 0 aromatic heterocycles. The molecule has 0 saturated heterocycles. The van der Waals surface area contributed by atoms with E-state index in [-0.39, 0.29) is 0 Å². The molecule has 2 heteroatoms. The molecule has 2 aliphatic rings. The van der Waals surface area contributed by atoms with Crippen molar-refractivity contribution in [1.29, 1.82) is 0 Å². The third kappa shape index (κ3) is 3.01. The molecule has 0 atom stereocenters. The fraction of sp³-hybridized carbons (Fsp3) is 0.667. The first kappa shape index (κ1) is 13.9. The summed E-state index contributed by atoms with van der Waals surface area (Å²) in [4.78, 5) is 2.65. The highest BCUT2D eigenvalue weighted by molar-refractivity contribution is 5.43. The van der Waals surface area contributed by atoms with E-state index >= 15 is 0 Å². The van der Waals surface area contributed by atoms with Crippen LogP contribution in [-0.4, -0.2) is 24.5 Å². The second-order valence-corrected chi connectivity index (χ2v) is 6.96. The van der Waals surface area contributed by atoms with Crippen molar-refractivity contribution in [3.8, 4) is 0 Å². The van der Waals surface area contributed by atoms with Crippen LogP contribution in [0.3, 0.4) is 0 Å². The van der Waals surface area contributed by atoms with Crippen LogP contribution < -0.4 is 5.73 Å². The normalized spacial score (nSPS) is 22.7. The molecule has 0 amide bonds. The van der Waals surface area contributed by atoms with E-state index in [1.807, 2.05) is 0 Å². The standard InChI is InChI=1S/C18H28N2/c1-20(17-6-4-2-3-5-7-17)14-18(12-13-18)15-8-10-16(19)11-9-15/h8-11,17H,2-7,12-14,19H2,1H3. The molecule has 0 spiro atoms. The van der Waals surface area contributed by atoms with Gasteiger partial charge in [-0.05, 0) is 50.4 Å². The Balaban J connectivity index is 1.65. The van der Waals surface area contributed by atoms with Gasteiger partial charge in [0.1, 0.15) is 0 Å². The second-order valence-electron chi connectivity index (χ2n) is 6.96. The summed E-state index contributed by atoms with van der Waals surface area (Å²) >= 11 is 0. The lowest BCUT2D eigenvalue weighted by atomic mass is 9.94. The van der Waals surface area contributed by atoms with E-state index in [1.54, 1.807) is 0 Å². The van der Waals surface area contributed by atoms with E-state index in [4.69, 9.17) is 5.73 Å². The molecule has 110 valence electrons. The molecule has 0 aliphatic heterocycles. The molecule has 3 rings (SSSR count). The van der Waals surface area contributed by atoms with Crippen molar-refractivity contribution in [3.63, 3.8) is 0 Å². The van der Waals surface area contributed by atoms with Gasteiger partial charge < -0.3 is 10.6 Å². The number of likely N-dealkylation sites (N-methyl/N-ethyl adjacent to an activating group) is 1. The average Bonchev–Trinajstić information content (AvgIpc) is 3.23. The van der Waals surface area contributed by atoms with E-state index in [9.17, 15) is 0 Å². The number of hydrogen-bond acceptors (Lipinski definition) is 2. The second kappa shape index (κ2) is 5.77. The van der Waals surface area contributed by atoms with E-state index < -0.39 is 0 Å². The van der Waals surface area contributed by atoms with Crippen molar-refractivity contribution >= 4 is 5.69 Å². The highest BCUT2D eigenvalue weighted by atomic mass is 15.1. The smallest absolute Gasteiger partial charge is 0.0314 e. The van der Waals surface area contributed by atoms with Crippen molar-refractivity contribution in [1.82, 2.24) is 4.90 Å². The zero-order valence-electron chi connectivity index (χ0n) is 12.8. The van der Waals surface area contributed by atoms with Crippen LogP contribution in [0.1, 0.15) is 56.9 Å². The highest BCUT2D eigenvalue weighted by Crippen LogP contribution is 2.49. The Hall–Kier alpha value is -1.02. The predicted molar refractivity (Wildman–Crippen MR) is 85.9 cm³/mol. The predicted octanol–water partition coefficient (Wildman–Crippen LogP) is 3.96. The summed E-state index contributed by atoms with van der Waals surface area (Å²) in [5.41, 5.74) is 8.61. The molecule has 2 N–H and O–H groups in total. The van der Waals surface area contributed by atoms with Crippen LogP contribution >= 0.6 is 0 Å². The summed E-state index contributed by atoms with van der Waals surface area (Å²) in [7, 11) is 2.34. The summed E-state index contributed by atoms with van der Waals surface area (Å²) in [6.07, 6.45) is 11.2. The Bertz CT molecular complexity index is 425. The Morgan fingerprint density at radius 1 is 1.05 bits per heavy atom. The van der Waals surface area contributed by atoms with Gasteiger partial charge in [-0.1, -0.05) is 37.8 Å². The first-order valence-electron chi connectivity index (χ1n) is 8.26. The molecule has 0 unspecified atom stereocenters. The quantitative estimate of drug-likeness (QED) is 0.664. The van der Waals surface area contributed by atoms with E-state index in [2.05, 4.69) is 36.2 Å². The fourth-order valence-electron chi connectivity index (χ4n) is 3.83. The van der Waals surface area contributed by atoms with Gasteiger partial charge in [-0.25, -0.2) is 0 Å². The summed E-state index contributed by atoms with van der Waals surface area (Å²) in [5, 5.41) is 0. The number of hydrogen-bond donors (Lipinski definition) is 1. The number of benzene rings is 1. The van der Waals surface area contributed by atoms with Gasteiger partial charge in [0.2, 0.25) is 0 Å². The van der Waals surface area contributed by atoms with Gasteiger partial charge in [0.05, 0.1) is 0 Å². The Labute approximate surface area is 123 Å². The van der Waals surface area contributed by atoms with Gasteiger partial charge >= 0.3 is 0 Å². The SMILES string of the molecule is CN(CC1(c2ccc(N)cc2)CC1)C1CCCCCC1. The Morgan fingerprint density at radius 2 is 1.65 bits per heavy atom. The van der Waals surface area contributed by atoms with Crippen molar-refractivity contribution in [2.24, 2.45) is 0 Å². The lowest BCUT2D eigenvalue weighted by molar-refractivity contribution is 0.202. The van der Waals surface area contributed by atoms with Gasteiger partial charge in [-0.15, -0.1) is 0 Å². The van der Waals surface area contributed by atoms with Gasteiger partial charge in [0.15, 0.2) is 0 Å². The van der Waals surface area contributed by atoms with Gasteiger partial charge in [-0.2, -0.15) is 0 Å². The van der Waals surface area contributed by atoms with E-state index in [1.165, 1.54) is 63.5 Å². The monoisotopic (exact) mass is 272 g/mol. The van der Waals surface area contributed by atoms with Crippen LogP contribution in [0.25, 0.3) is 0 Å². The molecule has 1 aromatic carbocycles. The molecule has 2 aliphatic carbocycles. The van der Waals surface area contributed by atoms with Gasteiger partial charge in [0.25, 0.3) is 0 Å². The summed E-state index contributed by atoms with van der Waals surface area (Å²) in [5.74, 6) is 0. The minimum Gasteiger partial charge on any atom is -0.399 e. The third-order valence-corrected chi connectivity index (χ3v) is 5.38. The fourth-order valence-corrected chi connectivity index (χ4v) is 3.83. The van der Waals surface area contributed by atoms with E-state index in [0.717, 1.165) is 11.7 Å². The summed E-state index contributed by atoms with van der Waals surface area (Å²) < 4.78 is 0. The minimum absolute atomic E-state index is 0.425. The maximum absolute atomic E-state index is 5.82. The molecular weight excluding hydrogens is 244 g/mol. The Kier molecular flexibility index (Phi) is 4.02. The molecule has 0 heterocycles. The van der Waals surface area contributed by atoms with Gasteiger partial charge in [-0.3, -0.25) is 0 Å². The van der Waals surface area contributed by atoms with Crippen LogP contribution in [-0.2, 0) is 5.41 Å². The molecule has 20 heavy (non-hydrogen) atoms. The number of nitrogens with zero attached hydrogens (tertiary/aromatic N) is 1. The summed E-state index contributed by atoms with van der Waals surface area (Å²) in [6, 6.07) is 9.40. The van der Waals surface area contributed by atoms with Gasteiger partial charge in [0, 0.05) is 23.7 Å². The highest BCUT2D eigenvalue weighted by Gasteiger charge is 2.45. The van der Waals surface area contributed by atoms with Crippen LogP contribution in [0, 0.1) is 0 Å². The molecule has 0 radical (unpaired) electrons. The molecule has 2 nitrogen and oxygen atoms in total. The minimum atomic E-state index is 0.425. The van der Waals surface area contributed by atoms with Crippen molar-refractivity contribution < 1.29 is 0 Å². The number of rotatable bonds is 4. The van der Waals surface area contributed by atoms with E-state index in [0.29, 0.717) is 5.41 Å². The van der Waals surface area contributed by atoms with Crippen molar-refractivity contribution in [3.05, 3.63) is 29.8 Å². The largest absolute Gasteiger partial charge is 0.399 e. The zero-order valence-corrected chi connectivity index (χ0v) is 12.8. The average molecular weight is 272 g/mol. The zero-order chi connectivity index (χ0) is 14.0. The number of nitrogens with two attached hydrogens (primary N) is 1. The molecule has 0 bridgehead atoms. The Morgan fingerprint density at radius 3 is 2.20 bits per heavy atom. The third-order valence-electron chi connectivity index (χ3n) is 5.38. The molecule has 2 fully saturated rings. The number of nitrogen functional groups attached to an aromatic ring is 1. The lowest BCUT2D eigenvalue weighted by Crippen LogP contribution is -2.37. The first-order chi connectivity index (χ1) is 9.70. The number of anilines is 1. The maximum Gasteiger partial charge on any atom is 0.0314 e. The lowest BCUT2D eigenvalue weighted by Gasteiger charge is -2.31.